The van der Waals surface area contributed by atoms with E-state index in [1.807, 2.05) is 24.3 Å². The number of rotatable bonds is 3. The first-order valence-electron chi connectivity index (χ1n) is 5.29. The van der Waals surface area contributed by atoms with Crippen LogP contribution in [0.5, 0.6) is 5.75 Å². The van der Waals surface area contributed by atoms with Crippen LogP contribution in [0.2, 0.25) is 0 Å². The average Bonchev–Trinajstić information content (AvgIpc) is 2.38. The summed E-state index contributed by atoms with van der Waals surface area (Å²) < 4.78 is 5.14. The maximum absolute atomic E-state index is 11.8. The number of methoxy groups -OCH3 is 1. The van der Waals surface area contributed by atoms with Crippen molar-refractivity contribution in [3.8, 4) is 17.0 Å². The van der Waals surface area contributed by atoms with E-state index in [2.05, 4.69) is 4.98 Å². The molecule has 0 unspecified atom stereocenters. The molecule has 5 heteroatoms. The van der Waals surface area contributed by atoms with Crippen LogP contribution in [0.4, 0.5) is 0 Å². The van der Waals surface area contributed by atoms with E-state index in [-0.39, 0.29) is 10.5 Å². The SMILES string of the molecule is COc1cccc(-c2ccc(C(N)=S)c(=O)[nH]2)c1. The number of thiocarbonyl (C=S) groups is 1. The molecule has 0 fully saturated rings. The molecule has 0 spiro atoms. The average molecular weight is 260 g/mol. The van der Waals surface area contributed by atoms with Crippen LogP contribution in [0, 0.1) is 0 Å². The van der Waals surface area contributed by atoms with Gasteiger partial charge >= 0.3 is 0 Å². The standard InChI is InChI=1S/C13H12N2O2S/c1-17-9-4-2-3-8(7-9)11-6-5-10(12(14)18)13(16)15-11/h2-7H,1H3,(H2,14,18)(H,15,16). The Balaban J connectivity index is 2.48. The Morgan fingerprint density at radius 2 is 2.11 bits per heavy atom. The van der Waals surface area contributed by atoms with Crippen LogP contribution in [0.15, 0.2) is 41.2 Å². The lowest BCUT2D eigenvalue weighted by molar-refractivity contribution is 0.415. The summed E-state index contributed by atoms with van der Waals surface area (Å²) in [5.74, 6) is 0.728. The van der Waals surface area contributed by atoms with E-state index >= 15 is 0 Å². The smallest absolute Gasteiger partial charge is 0.258 e. The molecule has 1 heterocycles. The van der Waals surface area contributed by atoms with Crippen molar-refractivity contribution in [1.82, 2.24) is 4.98 Å². The lowest BCUT2D eigenvalue weighted by Crippen LogP contribution is -2.22. The Morgan fingerprint density at radius 3 is 2.72 bits per heavy atom. The van der Waals surface area contributed by atoms with Crippen molar-refractivity contribution in [2.24, 2.45) is 5.73 Å². The maximum atomic E-state index is 11.8. The van der Waals surface area contributed by atoms with E-state index < -0.39 is 0 Å². The normalized spacial score (nSPS) is 10.1. The number of benzene rings is 1. The quantitative estimate of drug-likeness (QED) is 0.824. The summed E-state index contributed by atoms with van der Waals surface area (Å²) in [4.78, 5) is 14.6. The number of nitrogens with two attached hydrogens (primary N) is 1. The van der Waals surface area contributed by atoms with Crippen molar-refractivity contribution in [1.29, 1.82) is 0 Å². The summed E-state index contributed by atoms with van der Waals surface area (Å²) in [6.45, 7) is 0. The van der Waals surface area contributed by atoms with E-state index in [9.17, 15) is 4.79 Å². The fourth-order valence-corrected chi connectivity index (χ4v) is 1.79. The molecule has 0 aliphatic carbocycles. The molecule has 1 aromatic carbocycles. The highest BCUT2D eigenvalue weighted by Gasteiger charge is 2.05. The van der Waals surface area contributed by atoms with Crippen molar-refractivity contribution in [2.75, 3.05) is 7.11 Å². The van der Waals surface area contributed by atoms with Crippen LogP contribution >= 0.6 is 12.2 Å². The third-order valence-electron chi connectivity index (χ3n) is 2.56. The molecule has 2 aromatic rings. The molecule has 4 nitrogen and oxygen atoms in total. The van der Waals surface area contributed by atoms with Gasteiger partial charge in [0.15, 0.2) is 0 Å². The topological polar surface area (TPSA) is 68.1 Å². The zero-order chi connectivity index (χ0) is 13.1. The number of ether oxygens (including phenoxy) is 1. The van der Waals surface area contributed by atoms with Gasteiger partial charge in [-0.05, 0) is 24.3 Å². The van der Waals surface area contributed by atoms with Crippen LogP contribution in [-0.4, -0.2) is 17.1 Å². The fraction of sp³-hybridized carbons (Fsp3) is 0.0769. The second-order valence-electron chi connectivity index (χ2n) is 3.71. The Bertz CT molecular complexity index is 649. The molecular formula is C13H12N2O2S. The summed E-state index contributed by atoms with van der Waals surface area (Å²) in [6.07, 6.45) is 0. The van der Waals surface area contributed by atoms with Crippen molar-refractivity contribution < 1.29 is 4.74 Å². The van der Waals surface area contributed by atoms with Gasteiger partial charge in [0.25, 0.3) is 5.56 Å². The van der Waals surface area contributed by atoms with Gasteiger partial charge in [-0.1, -0.05) is 24.4 Å². The Labute approximate surface area is 109 Å². The number of aromatic nitrogens is 1. The molecule has 0 bridgehead atoms. The summed E-state index contributed by atoms with van der Waals surface area (Å²) in [5.41, 5.74) is 7.02. The lowest BCUT2D eigenvalue weighted by atomic mass is 10.1. The van der Waals surface area contributed by atoms with Crippen molar-refractivity contribution in [3.05, 3.63) is 52.3 Å². The fourth-order valence-electron chi connectivity index (χ4n) is 1.63. The number of aromatic amines is 1. The van der Waals surface area contributed by atoms with E-state index in [1.165, 1.54) is 0 Å². The number of hydrogen-bond acceptors (Lipinski definition) is 3. The van der Waals surface area contributed by atoms with Gasteiger partial charge in [0.2, 0.25) is 0 Å². The number of hydrogen-bond donors (Lipinski definition) is 2. The van der Waals surface area contributed by atoms with Crippen LogP contribution in [-0.2, 0) is 0 Å². The first kappa shape index (κ1) is 12.3. The van der Waals surface area contributed by atoms with Gasteiger partial charge in [0.05, 0.1) is 12.7 Å². The molecule has 0 saturated carbocycles. The largest absolute Gasteiger partial charge is 0.497 e. The second kappa shape index (κ2) is 5.01. The van der Waals surface area contributed by atoms with E-state index in [0.29, 0.717) is 11.3 Å². The van der Waals surface area contributed by atoms with Gasteiger partial charge in [-0.15, -0.1) is 0 Å². The first-order valence-corrected chi connectivity index (χ1v) is 5.70. The lowest BCUT2D eigenvalue weighted by Gasteiger charge is -2.05. The van der Waals surface area contributed by atoms with Crippen LogP contribution in [0.25, 0.3) is 11.3 Å². The summed E-state index contributed by atoms with van der Waals surface area (Å²) >= 11 is 4.79. The highest BCUT2D eigenvalue weighted by atomic mass is 32.1. The van der Waals surface area contributed by atoms with Crippen molar-refractivity contribution in [2.45, 2.75) is 0 Å². The van der Waals surface area contributed by atoms with Gasteiger partial charge < -0.3 is 15.5 Å². The minimum atomic E-state index is -0.289. The molecule has 3 N–H and O–H groups in total. The summed E-state index contributed by atoms with van der Waals surface area (Å²) in [6, 6.07) is 10.8. The van der Waals surface area contributed by atoms with Gasteiger partial charge in [-0.2, -0.15) is 0 Å². The molecule has 18 heavy (non-hydrogen) atoms. The van der Waals surface area contributed by atoms with E-state index in [0.717, 1.165) is 11.3 Å². The van der Waals surface area contributed by atoms with Crippen LogP contribution in [0.1, 0.15) is 5.56 Å². The van der Waals surface area contributed by atoms with Gasteiger partial charge in [0, 0.05) is 11.3 Å². The maximum Gasteiger partial charge on any atom is 0.258 e. The Morgan fingerprint density at radius 1 is 1.33 bits per heavy atom. The molecule has 1 aromatic heterocycles. The molecular weight excluding hydrogens is 248 g/mol. The van der Waals surface area contributed by atoms with Crippen molar-refractivity contribution >= 4 is 17.2 Å². The van der Waals surface area contributed by atoms with E-state index in [4.69, 9.17) is 22.7 Å². The molecule has 0 aliphatic heterocycles. The Hall–Kier alpha value is -2.14. The molecule has 2 rings (SSSR count). The minimum Gasteiger partial charge on any atom is -0.497 e. The van der Waals surface area contributed by atoms with Crippen molar-refractivity contribution in [3.63, 3.8) is 0 Å². The highest BCUT2D eigenvalue weighted by Crippen LogP contribution is 2.21. The number of pyridine rings is 1. The molecule has 0 aliphatic rings. The predicted molar refractivity (Wildman–Crippen MR) is 74.9 cm³/mol. The third-order valence-corrected chi connectivity index (χ3v) is 2.78. The summed E-state index contributed by atoms with van der Waals surface area (Å²) in [5, 5.41) is 0. The zero-order valence-electron chi connectivity index (χ0n) is 9.77. The zero-order valence-corrected chi connectivity index (χ0v) is 10.6. The van der Waals surface area contributed by atoms with Gasteiger partial charge in [-0.3, -0.25) is 4.79 Å². The molecule has 0 saturated heterocycles. The molecule has 92 valence electrons. The molecule has 0 radical (unpaired) electrons. The predicted octanol–water partition coefficient (Wildman–Crippen LogP) is 1.68. The monoisotopic (exact) mass is 260 g/mol. The minimum absolute atomic E-state index is 0.0912. The van der Waals surface area contributed by atoms with Gasteiger partial charge in [-0.25, -0.2) is 0 Å². The molecule has 0 atom stereocenters. The van der Waals surface area contributed by atoms with E-state index in [1.54, 1.807) is 19.2 Å². The number of nitrogens with one attached hydrogen (secondary N) is 1. The second-order valence-corrected chi connectivity index (χ2v) is 4.15. The van der Waals surface area contributed by atoms with Gasteiger partial charge in [0.1, 0.15) is 10.7 Å². The third kappa shape index (κ3) is 2.41. The van der Waals surface area contributed by atoms with Crippen LogP contribution in [0.3, 0.4) is 0 Å². The highest BCUT2D eigenvalue weighted by molar-refractivity contribution is 7.80. The Kier molecular flexibility index (Phi) is 3.43. The number of H-pyrrole nitrogens is 1. The first-order chi connectivity index (χ1) is 8.61. The summed E-state index contributed by atoms with van der Waals surface area (Å²) in [7, 11) is 1.60. The molecule has 0 amide bonds. The van der Waals surface area contributed by atoms with Crippen LogP contribution < -0.4 is 16.0 Å².